The van der Waals surface area contributed by atoms with Crippen LogP contribution in [-0.2, 0) is 4.74 Å². The molecule has 34 heavy (non-hydrogen) atoms. The molecule has 174 valence electrons. The zero-order chi connectivity index (χ0) is 23.5. The van der Waals surface area contributed by atoms with Gasteiger partial charge in [0.2, 0.25) is 5.95 Å². The number of carbonyl (C=O) groups excluding carboxylic acids is 1. The smallest absolute Gasteiger partial charge is 0.407 e. The average Bonchev–Trinajstić information content (AvgIpc) is 3.20. The van der Waals surface area contributed by atoms with Crippen molar-refractivity contribution in [2.75, 3.05) is 31.1 Å². The van der Waals surface area contributed by atoms with E-state index in [1.165, 1.54) is 34.6 Å². The van der Waals surface area contributed by atoms with Crippen LogP contribution < -0.4 is 10.2 Å². The number of anilines is 1. The summed E-state index contributed by atoms with van der Waals surface area (Å²) < 4.78 is 5.62. The number of hydrogen-bond acceptors (Lipinski definition) is 6. The van der Waals surface area contributed by atoms with E-state index in [0.29, 0.717) is 25.0 Å². The molecule has 1 aliphatic carbocycles. The molecule has 8 nitrogen and oxygen atoms in total. The molecule has 0 spiro atoms. The first-order valence-electron chi connectivity index (χ1n) is 11.5. The summed E-state index contributed by atoms with van der Waals surface area (Å²) in [5.41, 5.74) is 4.89. The van der Waals surface area contributed by atoms with Gasteiger partial charge in [-0.1, -0.05) is 48.5 Å². The molecule has 1 saturated heterocycles. The summed E-state index contributed by atoms with van der Waals surface area (Å²) in [5, 5.41) is 11.9. The molecule has 2 heterocycles. The fraction of sp³-hybridized carbons (Fsp3) is 0.308. The van der Waals surface area contributed by atoms with Crippen LogP contribution in [0.3, 0.4) is 0 Å². The summed E-state index contributed by atoms with van der Waals surface area (Å²) in [6.07, 6.45) is 4.03. The number of nitrogens with one attached hydrogen (secondary N) is 1. The highest BCUT2D eigenvalue weighted by Crippen LogP contribution is 2.44. The number of ether oxygens (including phenoxy) is 1. The Morgan fingerprint density at radius 3 is 2.15 bits per heavy atom. The van der Waals surface area contributed by atoms with Crippen LogP contribution in [0.1, 0.15) is 40.2 Å². The monoisotopic (exact) mass is 458 g/mol. The van der Waals surface area contributed by atoms with Crippen molar-refractivity contribution in [1.82, 2.24) is 15.3 Å². The lowest BCUT2D eigenvalue weighted by Gasteiger charge is -2.31. The first-order valence-corrected chi connectivity index (χ1v) is 11.5. The van der Waals surface area contributed by atoms with E-state index in [-0.39, 0.29) is 11.5 Å². The number of carboxylic acids is 1. The third-order valence-electron chi connectivity index (χ3n) is 6.66. The van der Waals surface area contributed by atoms with Gasteiger partial charge >= 0.3 is 12.1 Å². The molecule has 8 heteroatoms. The maximum Gasteiger partial charge on any atom is 0.407 e. The normalized spacial score (nSPS) is 15.5. The number of alkyl carbamates (subject to hydrolysis) is 1. The SMILES string of the molecule is O=C(NCC1CCN(c2ncc(C(=O)O)cn2)CC1)OCC1c2ccccc2-c2ccccc21. The fourth-order valence-corrected chi connectivity index (χ4v) is 4.81. The Balaban J connectivity index is 1.09. The van der Waals surface area contributed by atoms with Gasteiger partial charge in [-0.25, -0.2) is 19.6 Å². The predicted molar refractivity (Wildman–Crippen MR) is 127 cm³/mol. The predicted octanol–water partition coefficient (Wildman–Crippen LogP) is 3.93. The molecule has 0 saturated carbocycles. The molecular weight excluding hydrogens is 432 g/mol. The molecule has 0 radical (unpaired) electrons. The minimum Gasteiger partial charge on any atom is -0.478 e. The van der Waals surface area contributed by atoms with E-state index in [2.05, 4.69) is 39.6 Å². The van der Waals surface area contributed by atoms with Crippen molar-refractivity contribution in [3.8, 4) is 11.1 Å². The number of nitrogens with zero attached hydrogens (tertiary/aromatic N) is 3. The van der Waals surface area contributed by atoms with Crippen molar-refractivity contribution in [3.63, 3.8) is 0 Å². The first-order chi connectivity index (χ1) is 16.6. The summed E-state index contributed by atoms with van der Waals surface area (Å²) >= 11 is 0. The van der Waals surface area contributed by atoms with Crippen molar-refractivity contribution in [2.24, 2.45) is 5.92 Å². The van der Waals surface area contributed by atoms with Crippen LogP contribution in [0.15, 0.2) is 60.9 Å². The Morgan fingerprint density at radius 2 is 1.56 bits per heavy atom. The van der Waals surface area contributed by atoms with Gasteiger partial charge in [0.05, 0.1) is 5.56 Å². The summed E-state index contributed by atoms with van der Waals surface area (Å²) in [4.78, 5) is 33.7. The van der Waals surface area contributed by atoms with E-state index in [1.807, 2.05) is 29.2 Å². The van der Waals surface area contributed by atoms with E-state index < -0.39 is 12.1 Å². The number of carbonyl (C=O) groups is 2. The number of benzene rings is 2. The third-order valence-corrected chi connectivity index (χ3v) is 6.66. The van der Waals surface area contributed by atoms with E-state index in [1.54, 1.807) is 0 Å². The molecule has 1 aromatic heterocycles. The molecule has 2 N–H and O–H groups in total. The quantitative estimate of drug-likeness (QED) is 0.577. The Hall–Kier alpha value is -3.94. The topological polar surface area (TPSA) is 105 Å². The number of rotatable bonds is 6. The number of aromatic carboxylic acids is 1. The minimum absolute atomic E-state index is 0.0499. The summed E-state index contributed by atoms with van der Waals surface area (Å²) in [7, 11) is 0. The number of amides is 1. The fourth-order valence-electron chi connectivity index (χ4n) is 4.81. The highest BCUT2D eigenvalue weighted by Gasteiger charge is 2.29. The highest BCUT2D eigenvalue weighted by molar-refractivity contribution is 5.86. The Kier molecular flexibility index (Phi) is 6.12. The van der Waals surface area contributed by atoms with Crippen molar-refractivity contribution in [1.29, 1.82) is 0 Å². The second-order valence-corrected chi connectivity index (χ2v) is 8.71. The lowest BCUT2D eigenvalue weighted by molar-refractivity contribution is 0.0696. The Bertz CT molecular complexity index is 1140. The van der Waals surface area contributed by atoms with Crippen LogP contribution in [0.25, 0.3) is 11.1 Å². The minimum atomic E-state index is -1.04. The molecule has 1 amide bonds. The second kappa shape index (κ2) is 9.51. The van der Waals surface area contributed by atoms with Gasteiger partial charge in [-0.05, 0) is 41.0 Å². The molecule has 2 aromatic carbocycles. The highest BCUT2D eigenvalue weighted by atomic mass is 16.5. The largest absolute Gasteiger partial charge is 0.478 e. The van der Waals surface area contributed by atoms with Crippen LogP contribution in [0.5, 0.6) is 0 Å². The molecule has 2 aliphatic rings. The summed E-state index contributed by atoms with van der Waals surface area (Å²) in [5.74, 6) is -0.110. The summed E-state index contributed by atoms with van der Waals surface area (Å²) in [6, 6.07) is 16.6. The van der Waals surface area contributed by atoms with Gasteiger partial charge in [0.1, 0.15) is 6.61 Å². The van der Waals surface area contributed by atoms with Gasteiger partial charge in [0.25, 0.3) is 0 Å². The molecule has 0 unspecified atom stereocenters. The van der Waals surface area contributed by atoms with Gasteiger partial charge in [-0.2, -0.15) is 0 Å². The van der Waals surface area contributed by atoms with Gasteiger partial charge in [-0.15, -0.1) is 0 Å². The van der Waals surface area contributed by atoms with E-state index in [0.717, 1.165) is 25.9 Å². The van der Waals surface area contributed by atoms with Gasteiger partial charge in [0, 0.05) is 37.9 Å². The van der Waals surface area contributed by atoms with Crippen molar-refractivity contribution >= 4 is 18.0 Å². The van der Waals surface area contributed by atoms with Gasteiger partial charge in [-0.3, -0.25) is 0 Å². The number of aromatic nitrogens is 2. The van der Waals surface area contributed by atoms with Crippen LogP contribution in [-0.4, -0.2) is 53.4 Å². The standard InChI is InChI=1S/C26H26N4O4/c31-24(32)18-14-27-25(28-15-18)30-11-9-17(10-12-30)13-29-26(33)34-16-23-21-7-3-1-5-19(21)20-6-2-4-8-22(20)23/h1-8,14-15,17,23H,9-13,16H2,(H,29,33)(H,31,32). The lowest BCUT2D eigenvalue weighted by atomic mass is 9.97. The number of hydrogen-bond donors (Lipinski definition) is 2. The number of fused-ring (bicyclic) bond motifs is 3. The zero-order valence-electron chi connectivity index (χ0n) is 18.7. The third kappa shape index (κ3) is 4.44. The zero-order valence-corrected chi connectivity index (χ0v) is 18.7. The van der Waals surface area contributed by atoms with Crippen molar-refractivity contribution < 1.29 is 19.4 Å². The molecule has 0 bridgehead atoms. The molecule has 1 aliphatic heterocycles. The van der Waals surface area contributed by atoms with Crippen LogP contribution >= 0.6 is 0 Å². The Morgan fingerprint density at radius 1 is 0.971 bits per heavy atom. The van der Waals surface area contributed by atoms with Crippen LogP contribution in [0, 0.1) is 5.92 Å². The molecular formula is C26H26N4O4. The summed E-state index contributed by atoms with van der Waals surface area (Å²) in [6.45, 7) is 2.37. The van der Waals surface area contributed by atoms with Crippen LogP contribution in [0.2, 0.25) is 0 Å². The van der Waals surface area contributed by atoms with Crippen molar-refractivity contribution in [3.05, 3.63) is 77.6 Å². The van der Waals surface area contributed by atoms with E-state index in [9.17, 15) is 9.59 Å². The molecule has 3 aromatic rings. The average molecular weight is 459 g/mol. The number of carboxylic acid groups (broad SMARTS) is 1. The van der Waals surface area contributed by atoms with Gasteiger partial charge < -0.3 is 20.1 Å². The molecule has 1 fully saturated rings. The maximum atomic E-state index is 12.4. The first kappa shape index (κ1) is 21.9. The molecule has 0 atom stereocenters. The molecule has 5 rings (SSSR count). The van der Waals surface area contributed by atoms with E-state index >= 15 is 0 Å². The van der Waals surface area contributed by atoms with Gasteiger partial charge in [0.15, 0.2) is 0 Å². The number of piperidine rings is 1. The van der Waals surface area contributed by atoms with Crippen LogP contribution in [0.4, 0.5) is 10.7 Å². The van der Waals surface area contributed by atoms with Crippen molar-refractivity contribution in [2.45, 2.75) is 18.8 Å². The van der Waals surface area contributed by atoms with E-state index in [4.69, 9.17) is 9.84 Å². The maximum absolute atomic E-state index is 12.4. The second-order valence-electron chi connectivity index (χ2n) is 8.71. The lowest BCUT2D eigenvalue weighted by Crippen LogP contribution is -2.39. The Labute approximate surface area is 197 Å².